The summed E-state index contributed by atoms with van der Waals surface area (Å²) < 4.78 is 8.06. The fraction of sp³-hybridized carbons (Fsp3) is 0.231. The van der Waals surface area contributed by atoms with Gasteiger partial charge in [-0.15, -0.1) is 0 Å². The van der Waals surface area contributed by atoms with Gasteiger partial charge < -0.3 is 14.6 Å². The number of unbranched alkanes of at least 4 members (excludes halogenated alkanes) is 1. The third-order valence-electron chi connectivity index (χ3n) is 5.26. The van der Waals surface area contributed by atoms with E-state index < -0.39 is 0 Å². The van der Waals surface area contributed by atoms with Crippen molar-refractivity contribution >= 4 is 28.5 Å². The summed E-state index contributed by atoms with van der Waals surface area (Å²) in [6.45, 7) is 2.04. The maximum Gasteiger partial charge on any atom is 0.251 e. The molecule has 0 bridgehead atoms. The average Bonchev–Trinajstić information content (AvgIpc) is 3.18. The lowest BCUT2D eigenvalue weighted by molar-refractivity contribution is 0.0954. The van der Waals surface area contributed by atoms with E-state index in [1.165, 1.54) is 0 Å². The summed E-state index contributed by atoms with van der Waals surface area (Å²) in [5.74, 6) is 1.75. The SMILES string of the molecule is O=C(NCCc1nc2ccccc2n1CCCCOc1ccc(Cl)cc1)c1ccccc1. The van der Waals surface area contributed by atoms with E-state index in [-0.39, 0.29) is 5.91 Å². The first-order valence-corrected chi connectivity index (χ1v) is 11.2. The number of aromatic nitrogens is 2. The summed E-state index contributed by atoms with van der Waals surface area (Å²) in [5, 5.41) is 3.70. The number of ether oxygens (including phenoxy) is 1. The van der Waals surface area contributed by atoms with Crippen LogP contribution >= 0.6 is 11.6 Å². The summed E-state index contributed by atoms with van der Waals surface area (Å²) >= 11 is 5.91. The minimum absolute atomic E-state index is 0.0624. The van der Waals surface area contributed by atoms with E-state index in [2.05, 4.69) is 16.0 Å². The van der Waals surface area contributed by atoms with Gasteiger partial charge in [-0.25, -0.2) is 4.98 Å². The second-order valence-electron chi connectivity index (χ2n) is 7.55. The Bertz CT molecular complexity index is 1160. The summed E-state index contributed by atoms with van der Waals surface area (Å²) in [6.07, 6.45) is 2.57. The first-order valence-electron chi connectivity index (χ1n) is 10.9. The van der Waals surface area contributed by atoms with Crippen molar-refractivity contribution in [2.45, 2.75) is 25.8 Å². The monoisotopic (exact) mass is 447 g/mol. The van der Waals surface area contributed by atoms with Gasteiger partial charge in [0.1, 0.15) is 11.6 Å². The van der Waals surface area contributed by atoms with Crippen molar-refractivity contribution in [1.82, 2.24) is 14.9 Å². The smallest absolute Gasteiger partial charge is 0.251 e. The molecule has 32 heavy (non-hydrogen) atoms. The highest BCUT2D eigenvalue weighted by Crippen LogP contribution is 2.18. The predicted molar refractivity (Wildman–Crippen MR) is 128 cm³/mol. The number of aryl methyl sites for hydroxylation is 1. The molecule has 0 radical (unpaired) electrons. The normalized spacial score (nSPS) is 10.9. The maximum atomic E-state index is 12.3. The molecule has 1 N–H and O–H groups in total. The standard InChI is InChI=1S/C26H26ClN3O2/c27-21-12-14-22(15-13-21)32-19-7-6-18-30-24-11-5-4-10-23(24)29-25(30)16-17-28-26(31)20-8-2-1-3-9-20/h1-5,8-15H,6-7,16-19H2,(H,28,31). The molecule has 0 aliphatic carbocycles. The molecule has 4 rings (SSSR count). The van der Waals surface area contributed by atoms with Gasteiger partial charge in [-0.05, 0) is 61.4 Å². The van der Waals surface area contributed by atoms with Gasteiger partial charge in [0.2, 0.25) is 0 Å². The van der Waals surface area contributed by atoms with E-state index in [1.54, 1.807) is 0 Å². The lowest BCUT2D eigenvalue weighted by Crippen LogP contribution is -2.26. The molecule has 0 atom stereocenters. The highest BCUT2D eigenvalue weighted by molar-refractivity contribution is 6.30. The van der Waals surface area contributed by atoms with Gasteiger partial charge in [0.15, 0.2) is 0 Å². The lowest BCUT2D eigenvalue weighted by atomic mass is 10.2. The van der Waals surface area contributed by atoms with Gasteiger partial charge in [-0.3, -0.25) is 4.79 Å². The molecule has 0 unspecified atom stereocenters. The van der Waals surface area contributed by atoms with Crippen LogP contribution in [0.2, 0.25) is 5.02 Å². The molecule has 0 saturated heterocycles. The summed E-state index contributed by atoms with van der Waals surface area (Å²) in [5.41, 5.74) is 2.77. The number of para-hydroxylation sites is 2. The summed E-state index contributed by atoms with van der Waals surface area (Å²) in [7, 11) is 0. The zero-order valence-electron chi connectivity index (χ0n) is 17.8. The predicted octanol–water partition coefficient (Wildman–Crippen LogP) is 5.52. The second kappa shape index (κ2) is 10.8. The average molecular weight is 448 g/mol. The number of nitrogens with one attached hydrogen (secondary N) is 1. The van der Waals surface area contributed by atoms with Gasteiger partial charge in [-0.1, -0.05) is 41.9 Å². The Morgan fingerprint density at radius 2 is 1.69 bits per heavy atom. The van der Waals surface area contributed by atoms with Crippen molar-refractivity contribution in [2.24, 2.45) is 0 Å². The molecular weight excluding hydrogens is 422 g/mol. The zero-order valence-corrected chi connectivity index (χ0v) is 18.6. The van der Waals surface area contributed by atoms with Crippen LogP contribution in [0.3, 0.4) is 0 Å². The zero-order chi connectivity index (χ0) is 22.2. The molecule has 0 saturated carbocycles. The summed E-state index contributed by atoms with van der Waals surface area (Å²) in [4.78, 5) is 17.1. The van der Waals surface area contributed by atoms with Crippen molar-refractivity contribution in [1.29, 1.82) is 0 Å². The van der Waals surface area contributed by atoms with Crippen molar-refractivity contribution in [3.63, 3.8) is 0 Å². The van der Waals surface area contributed by atoms with Gasteiger partial charge in [-0.2, -0.15) is 0 Å². The number of imidazole rings is 1. The van der Waals surface area contributed by atoms with Crippen LogP contribution in [0.1, 0.15) is 29.0 Å². The molecule has 1 heterocycles. The first kappa shape index (κ1) is 21.9. The number of amides is 1. The van der Waals surface area contributed by atoms with Crippen molar-refractivity contribution in [3.8, 4) is 5.75 Å². The van der Waals surface area contributed by atoms with Crippen molar-refractivity contribution in [3.05, 3.63) is 95.3 Å². The number of fused-ring (bicyclic) bond motifs is 1. The first-order chi connectivity index (χ1) is 15.7. The highest BCUT2D eigenvalue weighted by atomic mass is 35.5. The summed E-state index contributed by atoms with van der Waals surface area (Å²) in [6, 6.07) is 24.9. The minimum Gasteiger partial charge on any atom is -0.494 e. The number of halogens is 1. The quantitative estimate of drug-likeness (QED) is 0.325. The second-order valence-corrected chi connectivity index (χ2v) is 7.99. The van der Waals surface area contributed by atoms with E-state index in [9.17, 15) is 4.79 Å². The number of carbonyl (C=O) groups excluding carboxylic acids is 1. The van der Waals surface area contributed by atoms with E-state index in [4.69, 9.17) is 21.3 Å². The van der Waals surface area contributed by atoms with E-state index >= 15 is 0 Å². The Morgan fingerprint density at radius 3 is 2.50 bits per heavy atom. The fourth-order valence-electron chi connectivity index (χ4n) is 3.64. The highest BCUT2D eigenvalue weighted by Gasteiger charge is 2.11. The molecule has 1 aromatic heterocycles. The van der Waals surface area contributed by atoms with Gasteiger partial charge in [0, 0.05) is 30.1 Å². The molecule has 0 fully saturated rings. The fourth-order valence-corrected chi connectivity index (χ4v) is 3.76. The molecular formula is C26H26ClN3O2. The molecule has 164 valence electrons. The number of benzene rings is 3. The lowest BCUT2D eigenvalue weighted by Gasteiger charge is -2.11. The number of rotatable bonds is 10. The van der Waals surface area contributed by atoms with Crippen LogP contribution < -0.4 is 10.1 Å². The third-order valence-corrected chi connectivity index (χ3v) is 5.51. The number of nitrogens with zero attached hydrogens (tertiary/aromatic N) is 2. The number of carbonyl (C=O) groups is 1. The molecule has 6 heteroatoms. The van der Waals surface area contributed by atoms with Crippen LogP contribution in [0.15, 0.2) is 78.9 Å². The van der Waals surface area contributed by atoms with Crippen LogP contribution in [0.4, 0.5) is 0 Å². The van der Waals surface area contributed by atoms with E-state index in [1.807, 2.05) is 72.8 Å². The van der Waals surface area contributed by atoms with Crippen LogP contribution in [-0.4, -0.2) is 28.6 Å². The topological polar surface area (TPSA) is 56.2 Å². The third kappa shape index (κ3) is 5.68. The molecule has 1 amide bonds. The molecule has 0 aliphatic rings. The minimum atomic E-state index is -0.0624. The van der Waals surface area contributed by atoms with Crippen LogP contribution in [-0.2, 0) is 13.0 Å². The van der Waals surface area contributed by atoms with Crippen LogP contribution in [0.5, 0.6) is 5.75 Å². The maximum absolute atomic E-state index is 12.3. The van der Waals surface area contributed by atoms with Crippen LogP contribution in [0, 0.1) is 0 Å². The Morgan fingerprint density at radius 1 is 0.938 bits per heavy atom. The Hall–Kier alpha value is -3.31. The molecule has 0 spiro atoms. The van der Waals surface area contributed by atoms with Gasteiger partial charge in [0.25, 0.3) is 5.91 Å². The molecule has 5 nitrogen and oxygen atoms in total. The number of hydrogen-bond donors (Lipinski definition) is 1. The Labute approximate surface area is 193 Å². The molecule has 4 aromatic rings. The number of hydrogen-bond acceptors (Lipinski definition) is 3. The van der Waals surface area contributed by atoms with Crippen molar-refractivity contribution in [2.75, 3.05) is 13.2 Å². The van der Waals surface area contributed by atoms with E-state index in [0.717, 1.165) is 42.0 Å². The molecule has 0 aliphatic heterocycles. The van der Waals surface area contributed by atoms with Gasteiger partial charge >= 0.3 is 0 Å². The van der Waals surface area contributed by atoms with Crippen molar-refractivity contribution < 1.29 is 9.53 Å². The Kier molecular flexibility index (Phi) is 7.41. The Balaban J connectivity index is 1.32. The van der Waals surface area contributed by atoms with Crippen LogP contribution in [0.25, 0.3) is 11.0 Å². The van der Waals surface area contributed by atoms with E-state index in [0.29, 0.717) is 30.2 Å². The largest absolute Gasteiger partial charge is 0.494 e. The molecule has 3 aromatic carbocycles. The van der Waals surface area contributed by atoms with Gasteiger partial charge in [0.05, 0.1) is 17.6 Å².